The van der Waals surface area contributed by atoms with Crippen LogP contribution in [-0.2, 0) is 19.1 Å². The van der Waals surface area contributed by atoms with Crippen LogP contribution in [0.2, 0.25) is 0 Å². The molecule has 0 amide bonds. The molecule has 0 saturated heterocycles. The summed E-state index contributed by atoms with van der Waals surface area (Å²) < 4.78 is 11.4. The molecule has 1 atom stereocenters. The fourth-order valence-corrected chi connectivity index (χ4v) is 2.22. The number of hydrogen-bond acceptors (Lipinski definition) is 6. The molecule has 1 heterocycles. The van der Waals surface area contributed by atoms with Crippen molar-refractivity contribution in [3.8, 4) is 0 Å². The Bertz CT molecular complexity index is 524. The first-order valence-corrected chi connectivity index (χ1v) is 7.05. The molecular weight excluding hydrogens is 293 g/mol. The average molecular weight is 313 g/mol. The smallest absolute Gasteiger partial charge is 0.326 e. The van der Waals surface area contributed by atoms with Crippen molar-refractivity contribution in [1.29, 1.82) is 5.41 Å². The van der Waals surface area contributed by atoms with Gasteiger partial charge in [-0.05, 0) is 29.3 Å². The van der Waals surface area contributed by atoms with Crippen molar-refractivity contribution < 1.29 is 19.1 Å². The number of ether oxygens (including phenoxy) is 2. The average Bonchev–Trinajstić information content (AvgIpc) is 2.80. The van der Waals surface area contributed by atoms with Gasteiger partial charge in [0.15, 0.2) is 5.92 Å². The third-order valence-corrected chi connectivity index (χ3v) is 3.21. The number of anilines is 1. The molecule has 0 saturated carbocycles. The van der Waals surface area contributed by atoms with E-state index in [9.17, 15) is 9.59 Å². The molecule has 116 valence electrons. The molecule has 7 nitrogen and oxygen atoms in total. The highest BCUT2D eigenvalue weighted by Crippen LogP contribution is 2.23. The van der Waals surface area contributed by atoms with Gasteiger partial charge in [-0.1, -0.05) is 0 Å². The lowest BCUT2D eigenvalue weighted by molar-refractivity contribution is -0.157. The minimum absolute atomic E-state index is 0.131. The van der Waals surface area contributed by atoms with Crippen molar-refractivity contribution in [2.75, 3.05) is 25.6 Å². The maximum absolute atomic E-state index is 12.0. The van der Waals surface area contributed by atoms with Crippen LogP contribution in [0, 0.1) is 11.3 Å². The Morgan fingerprint density at radius 1 is 1.33 bits per heavy atom. The number of nitrogens with zero attached hydrogens (tertiary/aromatic N) is 1. The van der Waals surface area contributed by atoms with Crippen LogP contribution in [0.3, 0.4) is 0 Å². The minimum Gasteiger partial charge on any atom is -0.465 e. The van der Waals surface area contributed by atoms with Gasteiger partial charge in [-0.2, -0.15) is 0 Å². The van der Waals surface area contributed by atoms with E-state index >= 15 is 0 Å². The van der Waals surface area contributed by atoms with Gasteiger partial charge in [0.05, 0.1) is 18.9 Å². The van der Waals surface area contributed by atoms with Crippen molar-refractivity contribution >= 4 is 32.9 Å². The van der Waals surface area contributed by atoms with E-state index in [1.807, 2.05) is 0 Å². The summed E-state index contributed by atoms with van der Waals surface area (Å²) in [7, 11) is 4.14. The largest absolute Gasteiger partial charge is 0.465 e. The summed E-state index contributed by atoms with van der Waals surface area (Å²) in [5, 5.41) is 11.1. The second-order valence-electron chi connectivity index (χ2n) is 4.09. The van der Waals surface area contributed by atoms with Gasteiger partial charge in [0.1, 0.15) is 5.82 Å². The van der Waals surface area contributed by atoms with E-state index in [0.717, 1.165) is 0 Å². The molecule has 0 aromatic carbocycles. The molecule has 2 N–H and O–H groups in total. The Labute approximate surface area is 125 Å². The zero-order valence-electron chi connectivity index (χ0n) is 12.3. The zero-order chi connectivity index (χ0) is 16.0. The maximum Gasteiger partial charge on any atom is 0.326 e. The lowest BCUT2D eigenvalue weighted by Gasteiger charge is -2.16. The summed E-state index contributed by atoms with van der Waals surface area (Å²) in [4.78, 5) is 24.0. The van der Waals surface area contributed by atoms with Crippen molar-refractivity contribution in [3.63, 3.8) is 0 Å². The van der Waals surface area contributed by atoms with E-state index in [1.54, 1.807) is 37.5 Å². The second-order valence-corrected chi connectivity index (χ2v) is 4.64. The standard InChI is InChI=1S/C13H20N3O4P/c1-4-19-12(17)9(13(18)20-5-2)10(14)8-6-7-16(21)11(8)15-3/h6-7,9,14-15H,4-5,21H2,1-3H3. The Hall–Kier alpha value is -1.88. The van der Waals surface area contributed by atoms with E-state index in [0.29, 0.717) is 11.4 Å². The SMILES string of the molecule is CCOC(=O)C(C(=N)c1ccn(P)c1NC)C(=O)OCC. The molecule has 0 aliphatic rings. The van der Waals surface area contributed by atoms with Gasteiger partial charge in [-0.25, -0.2) is 0 Å². The fourth-order valence-electron chi connectivity index (χ4n) is 1.87. The number of carbonyl (C=O) groups excluding carboxylic acids is 2. The number of nitrogens with one attached hydrogen (secondary N) is 2. The molecule has 0 bridgehead atoms. The van der Waals surface area contributed by atoms with Gasteiger partial charge < -0.3 is 24.5 Å². The summed E-state index contributed by atoms with van der Waals surface area (Å²) in [5.41, 5.74) is 0.288. The highest BCUT2D eigenvalue weighted by atomic mass is 31.0. The molecule has 1 aromatic heterocycles. The van der Waals surface area contributed by atoms with Crippen molar-refractivity contribution in [3.05, 3.63) is 17.8 Å². The molecule has 0 aliphatic carbocycles. The summed E-state index contributed by atoms with van der Waals surface area (Å²) in [6.45, 7) is 3.54. The van der Waals surface area contributed by atoms with Crippen LogP contribution in [0.1, 0.15) is 19.4 Å². The van der Waals surface area contributed by atoms with Crippen molar-refractivity contribution in [2.45, 2.75) is 13.8 Å². The van der Waals surface area contributed by atoms with Crippen LogP contribution < -0.4 is 5.32 Å². The first kappa shape index (κ1) is 17.2. The molecule has 0 aliphatic heterocycles. The van der Waals surface area contributed by atoms with Crippen LogP contribution in [0.15, 0.2) is 12.3 Å². The van der Waals surface area contributed by atoms with Gasteiger partial charge in [-0.15, -0.1) is 0 Å². The molecule has 0 spiro atoms. The zero-order valence-corrected chi connectivity index (χ0v) is 13.5. The molecule has 1 unspecified atom stereocenters. The number of carbonyl (C=O) groups is 2. The molecule has 1 rings (SSSR count). The number of aromatic nitrogens is 1. The van der Waals surface area contributed by atoms with E-state index in [-0.39, 0.29) is 18.9 Å². The topological polar surface area (TPSA) is 93.4 Å². The van der Waals surface area contributed by atoms with E-state index in [4.69, 9.17) is 14.9 Å². The van der Waals surface area contributed by atoms with Crippen LogP contribution in [0.5, 0.6) is 0 Å². The molecular formula is C13H20N3O4P. The maximum atomic E-state index is 12.0. The number of rotatable bonds is 7. The third kappa shape index (κ3) is 3.82. The predicted octanol–water partition coefficient (Wildman–Crippen LogP) is 1.28. The van der Waals surface area contributed by atoms with E-state index in [2.05, 4.69) is 14.7 Å². The predicted molar refractivity (Wildman–Crippen MR) is 82.7 cm³/mol. The van der Waals surface area contributed by atoms with Crippen molar-refractivity contribution in [1.82, 2.24) is 4.34 Å². The van der Waals surface area contributed by atoms with Crippen molar-refractivity contribution in [2.24, 2.45) is 5.92 Å². The lowest BCUT2D eigenvalue weighted by Crippen LogP contribution is -2.35. The highest BCUT2D eigenvalue weighted by molar-refractivity contribution is 7.14. The van der Waals surface area contributed by atoms with Gasteiger partial charge >= 0.3 is 11.9 Å². The number of esters is 2. The summed E-state index contributed by atoms with van der Waals surface area (Å²) in [6.07, 6.45) is 1.70. The first-order valence-electron chi connectivity index (χ1n) is 6.54. The summed E-state index contributed by atoms with van der Waals surface area (Å²) >= 11 is 0. The Morgan fingerprint density at radius 2 is 1.86 bits per heavy atom. The normalized spacial score (nSPS) is 10.3. The molecule has 0 fully saturated rings. The third-order valence-electron chi connectivity index (χ3n) is 2.78. The quantitative estimate of drug-likeness (QED) is 0.342. The Kier molecular flexibility index (Phi) is 6.37. The van der Waals surface area contributed by atoms with E-state index in [1.165, 1.54) is 0 Å². The molecule has 1 aromatic rings. The van der Waals surface area contributed by atoms with Gasteiger partial charge in [0, 0.05) is 18.8 Å². The number of hydrogen-bond donors (Lipinski definition) is 2. The fraction of sp³-hybridized carbons (Fsp3) is 0.462. The summed E-state index contributed by atoms with van der Waals surface area (Å²) in [6, 6.07) is 1.65. The first-order chi connectivity index (χ1) is 9.97. The van der Waals surface area contributed by atoms with Crippen LogP contribution in [0.25, 0.3) is 0 Å². The van der Waals surface area contributed by atoms with Gasteiger partial charge in [0.25, 0.3) is 0 Å². The lowest BCUT2D eigenvalue weighted by atomic mass is 9.98. The monoisotopic (exact) mass is 313 g/mol. The second kappa shape index (κ2) is 7.78. The minimum atomic E-state index is -1.38. The highest BCUT2D eigenvalue weighted by Gasteiger charge is 2.36. The van der Waals surface area contributed by atoms with Crippen LogP contribution in [-0.4, -0.2) is 42.2 Å². The van der Waals surface area contributed by atoms with Crippen LogP contribution in [0.4, 0.5) is 5.82 Å². The molecule has 8 heteroatoms. The van der Waals surface area contributed by atoms with Gasteiger partial charge in [-0.3, -0.25) is 9.59 Å². The van der Waals surface area contributed by atoms with Crippen LogP contribution >= 0.6 is 9.39 Å². The molecule has 0 radical (unpaired) electrons. The Balaban J connectivity index is 3.15. The Morgan fingerprint density at radius 3 is 2.29 bits per heavy atom. The molecule has 21 heavy (non-hydrogen) atoms. The van der Waals surface area contributed by atoms with Gasteiger partial charge in [0.2, 0.25) is 0 Å². The van der Waals surface area contributed by atoms with E-state index < -0.39 is 17.9 Å². The summed E-state index contributed by atoms with van der Waals surface area (Å²) in [5.74, 6) is -2.34.